The van der Waals surface area contributed by atoms with Crippen LogP contribution in [-0.4, -0.2) is 21.5 Å². The molecule has 3 rings (SSSR count). The van der Waals surface area contributed by atoms with Crippen molar-refractivity contribution < 1.29 is 14.5 Å². The first-order valence-corrected chi connectivity index (χ1v) is 6.77. The first kappa shape index (κ1) is 12.6. The highest BCUT2D eigenvalue weighted by Crippen LogP contribution is 2.37. The highest BCUT2D eigenvalue weighted by Gasteiger charge is 2.39. The van der Waals surface area contributed by atoms with Crippen LogP contribution in [0.5, 0.6) is 0 Å². The zero-order valence-corrected chi connectivity index (χ0v) is 11.2. The maximum absolute atomic E-state index is 12.5. The van der Waals surface area contributed by atoms with Crippen molar-refractivity contribution in [3.05, 3.63) is 55.0 Å². The number of aromatic nitrogens is 1. The van der Waals surface area contributed by atoms with E-state index in [0.29, 0.717) is 6.42 Å². The summed E-state index contributed by atoms with van der Waals surface area (Å²) in [6.45, 7) is 1.87. The first-order chi connectivity index (χ1) is 9.56. The van der Waals surface area contributed by atoms with Gasteiger partial charge in [-0.2, -0.15) is 0 Å². The van der Waals surface area contributed by atoms with Crippen molar-refractivity contribution in [1.82, 2.24) is 4.98 Å². The summed E-state index contributed by atoms with van der Waals surface area (Å²) in [5.74, 6) is -0.893. The van der Waals surface area contributed by atoms with Gasteiger partial charge in [-0.1, -0.05) is 6.92 Å². The molecule has 6 nitrogen and oxygen atoms in total. The van der Waals surface area contributed by atoms with Crippen LogP contribution in [0.15, 0.2) is 17.6 Å². The molecule has 0 aromatic carbocycles. The lowest BCUT2D eigenvalue weighted by Crippen LogP contribution is -2.22. The molecule has 20 heavy (non-hydrogen) atoms. The van der Waals surface area contributed by atoms with Crippen molar-refractivity contribution in [2.24, 2.45) is 0 Å². The Morgan fingerprint density at radius 3 is 2.70 bits per heavy atom. The van der Waals surface area contributed by atoms with Crippen molar-refractivity contribution in [2.75, 3.05) is 0 Å². The van der Waals surface area contributed by atoms with E-state index in [1.54, 1.807) is 6.07 Å². The number of nitrogens with zero attached hydrogens (tertiary/aromatic N) is 2. The van der Waals surface area contributed by atoms with Crippen molar-refractivity contribution in [1.29, 1.82) is 0 Å². The van der Waals surface area contributed by atoms with E-state index in [4.69, 9.17) is 0 Å². The van der Waals surface area contributed by atoms with E-state index in [9.17, 15) is 19.7 Å². The normalized spacial score (nSPS) is 13.1. The SMILES string of the molecule is CCc1ccnc2c1C(=O)c1scc([N+](=O)[O-])c1C2=O. The van der Waals surface area contributed by atoms with Gasteiger partial charge in [0.2, 0.25) is 11.6 Å². The van der Waals surface area contributed by atoms with E-state index in [-0.39, 0.29) is 33.2 Å². The molecule has 0 fully saturated rings. The Morgan fingerprint density at radius 1 is 1.30 bits per heavy atom. The van der Waals surface area contributed by atoms with Crippen LogP contribution in [0, 0.1) is 10.1 Å². The average molecular weight is 288 g/mol. The molecule has 0 saturated carbocycles. The molecule has 0 unspecified atom stereocenters. The number of carbonyl (C=O) groups is 2. The molecule has 0 saturated heterocycles. The van der Waals surface area contributed by atoms with Gasteiger partial charge < -0.3 is 0 Å². The second-order valence-corrected chi connectivity index (χ2v) is 5.17. The van der Waals surface area contributed by atoms with Gasteiger partial charge in [-0.15, -0.1) is 11.3 Å². The lowest BCUT2D eigenvalue weighted by atomic mass is 9.88. The molecule has 0 aliphatic heterocycles. The number of hydrogen-bond donors (Lipinski definition) is 0. The fraction of sp³-hybridized carbons (Fsp3) is 0.154. The van der Waals surface area contributed by atoms with Crippen molar-refractivity contribution in [3.8, 4) is 0 Å². The summed E-state index contributed by atoms with van der Waals surface area (Å²) in [7, 11) is 0. The third-order valence-electron chi connectivity index (χ3n) is 3.26. The van der Waals surface area contributed by atoms with Gasteiger partial charge in [0.15, 0.2) is 0 Å². The van der Waals surface area contributed by atoms with Crippen LogP contribution in [0.3, 0.4) is 0 Å². The third-order valence-corrected chi connectivity index (χ3v) is 4.23. The standard InChI is InChI=1S/C13H8N2O4S/c1-2-6-3-4-14-10-8(6)12(17)13-9(11(10)16)7(5-20-13)15(18)19/h3-5H,2H2,1H3. The van der Waals surface area contributed by atoms with Gasteiger partial charge in [0.1, 0.15) is 11.3 Å². The van der Waals surface area contributed by atoms with Gasteiger partial charge in [-0.3, -0.25) is 24.7 Å². The smallest absolute Gasteiger partial charge is 0.288 e. The Labute approximate surface area is 117 Å². The molecular weight excluding hydrogens is 280 g/mol. The minimum Gasteiger partial charge on any atom is -0.288 e. The summed E-state index contributed by atoms with van der Waals surface area (Å²) < 4.78 is 0. The Morgan fingerprint density at radius 2 is 2.05 bits per heavy atom. The minimum atomic E-state index is -0.644. The summed E-state index contributed by atoms with van der Waals surface area (Å²) in [6, 6.07) is 1.69. The molecular formula is C13H8N2O4S. The minimum absolute atomic E-state index is 0.0170. The number of fused-ring (bicyclic) bond motifs is 2. The van der Waals surface area contributed by atoms with E-state index in [1.807, 2.05) is 6.92 Å². The highest BCUT2D eigenvalue weighted by molar-refractivity contribution is 7.13. The predicted octanol–water partition coefficient (Wildman–Crippen LogP) is 2.39. The van der Waals surface area contributed by atoms with Crippen LogP contribution in [0.4, 0.5) is 5.69 Å². The number of ketones is 2. The monoisotopic (exact) mass is 288 g/mol. The topological polar surface area (TPSA) is 90.2 Å². The molecule has 1 aliphatic rings. The molecule has 2 heterocycles. The molecule has 0 spiro atoms. The number of hydrogen-bond acceptors (Lipinski definition) is 6. The van der Waals surface area contributed by atoms with Crippen LogP contribution < -0.4 is 0 Å². The number of nitro groups is 1. The fourth-order valence-corrected chi connectivity index (χ4v) is 3.28. The maximum atomic E-state index is 12.5. The summed E-state index contributed by atoms with van der Waals surface area (Å²) in [4.78, 5) is 39.3. The van der Waals surface area contributed by atoms with Crippen molar-refractivity contribution >= 4 is 28.6 Å². The summed E-state index contributed by atoms with van der Waals surface area (Å²) in [5, 5.41) is 12.2. The molecule has 1 aliphatic carbocycles. The van der Waals surface area contributed by atoms with Gasteiger partial charge >= 0.3 is 0 Å². The van der Waals surface area contributed by atoms with Crippen molar-refractivity contribution in [2.45, 2.75) is 13.3 Å². The largest absolute Gasteiger partial charge is 0.292 e. The van der Waals surface area contributed by atoms with E-state index in [0.717, 1.165) is 16.9 Å². The Bertz CT molecular complexity index is 779. The highest BCUT2D eigenvalue weighted by atomic mass is 32.1. The lowest BCUT2D eigenvalue weighted by Gasteiger charge is -2.15. The number of carbonyl (C=O) groups excluding carboxylic acids is 2. The van der Waals surface area contributed by atoms with E-state index in [2.05, 4.69) is 4.98 Å². The lowest BCUT2D eigenvalue weighted by molar-refractivity contribution is -0.384. The Balaban J connectivity index is 2.32. The molecule has 0 N–H and O–H groups in total. The Hall–Kier alpha value is -2.41. The molecule has 100 valence electrons. The number of thiophene rings is 1. The second kappa shape index (κ2) is 4.31. The number of pyridine rings is 1. The second-order valence-electron chi connectivity index (χ2n) is 4.29. The zero-order chi connectivity index (χ0) is 14.4. The summed E-state index contributed by atoms with van der Waals surface area (Å²) in [6.07, 6.45) is 2.04. The van der Waals surface area contributed by atoms with Crippen molar-refractivity contribution in [3.63, 3.8) is 0 Å². The number of aryl methyl sites for hydroxylation is 1. The molecule has 2 aromatic rings. The van der Waals surface area contributed by atoms with Gasteiger partial charge in [-0.25, -0.2) is 0 Å². The van der Waals surface area contributed by atoms with Crippen LogP contribution in [0.2, 0.25) is 0 Å². The Kier molecular flexibility index (Phi) is 2.72. The van der Waals surface area contributed by atoms with Gasteiger partial charge in [0, 0.05) is 6.20 Å². The molecule has 2 aromatic heterocycles. The van der Waals surface area contributed by atoms with Gasteiger partial charge in [0.05, 0.1) is 20.7 Å². The van der Waals surface area contributed by atoms with Crippen LogP contribution >= 0.6 is 11.3 Å². The molecule has 0 bridgehead atoms. The van der Waals surface area contributed by atoms with Gasteiger partial charge in [-0.05, 0) is 18.1 Å². The molecule has 0 amide bonds. The van der Waals surface area contributed by atoms with Crippen LogP contribution in [0.25, 0.3) is 0 Å². The summed E-state index contributed by atoms with van der Waals surface area (Å²) >= 11 is 0.935. The predicted molar refractivity (Wildman–Crippen MR) is 71.5 cm³/mol. The number of rotatable bonds is 2. The van der Waals surface area contributed by atoms with Crippen LogP contribution in [0.1, 0.15) is 43.8 Å². The molecule has 7 heteroatoms. The first-order valence-electron chi connectivity index (χ1n) is 5.89. The third kappa shape index (κ3) is 1.53. The van der Waals surface area contributed by atoms with E-state index in [1.165, 1.54) is 11.6 Å². The zero-order valence-electron chi connectivity index (χ0n) is 10.4. The molecule has 0 atom stereocenters. The van der Waals surface area contributed by atoms with E-state index >= 15 is 0 Å². The fourth-order valence-electron chi connectivity index (χ4n) is 2.32. The van der Waals surface area contributed by atoms with Gasteiger partial charge in [0.25, 0.3) is 5.69 Å². The van der Waals surface area contributed by atoms with Crippen LogP contribution in [-0.2, 0) is 6.42 Å². The molecule has 0 radical (unpaired) electrons. The average Bonchev–Trinajstić information content (AvgIpc) is 2.89. The quantitative estimate of drug-likeness (QED) is 0.533. The summed E-state index contributed by atoms with van der Waals surface area (Å²) in [5.41, 5.74) is 0.582. The van der Waals surface area contributed by atoms with E-state index < -0.39 is 10.7 Å². The maximum Gasteiger partial charge on any atom is 0.292 e.